The molecule has 5 rings (SSSR count). The van der Waals surface area contributed by atoms with Gasteiger partial charge in [0.25, 0.3) is 0 Å². The highest BCUT2D eigenvalue weighted by atomic mass is 32.2. The fourth-order valence-electron chi connectivity index (χ4n) is 5.23. The lowest BCUT2D eigenvalue weighted by atomic mass is 9.69. The number of hydrogen-bond donors (Lipinski definition) is 2. The lowest BCUT2D eigenvalue weighted by Gasteiger charge is -2.42. The molecule has 0 saturated heterocycles. The number of rotatable bonds is 6. The monoisotopic (exact) mass is 571 g/mol. The summed E-state index contributed by atoms with van der Waals surface area (Å²) in [5.41, 5.74) is 11.6. The van der Waals surface area contributed by atoms with E-state index in [1.54, 1.807) is 23.4 Å². The maximum Gasteiger partial charge on any atom is 0.234 e. The van der Waals surface area contributed by atoms with E-state index in [4.69, 9.17) is 5.73 Å². The van der Waals surface area contributed by atoms with Crippen molar-refractivity contribution >= 4 is 45.6 Å². The van der Waals surface area contributed by atoms with Crippen LogP contribution in [0.4, 0.5) is 10.8 Å². The van der Waals surface area contributed by atoms with E-state index in [0.717, 1.165) is 28.1 Å². The Morgan fingerprint density at radius 3 is 2.77 bits per heavy atom. The van der Waals surface area contributed by atoms with Crippen molar-refractivity contribution in [3.05, 3.63) is 82.1 Å². The number of nitrogens with two attached hydrogens (primary N) is 1. The van der Waals surface area contributed by atoms with Crippen molar-refractivity contribution in [2.45, 2.75) is 50.8 Å². The summed E-state index contributed by atoms with van der Waals surface area (Å²) in [5, 5.41) is 22.2. The summed E-state index contributed by atoms with van der Waals surface area (Å²) in [6, 6.07) is 11.8. The van der Waals surface area contributed by atoms with E-state index in [0.29, 0.717) is 27.9 Å². The fourth-order valence-corrected chi connectivity index (χ4v) is 6.91. The third kappa shape index (κ3) is 5.37. The number of nitrogens with zero attached hydrogens (tertiary/aromatic N) is 5. The number of aryl methyl sites for hydroxylation is 2. The number of aromatic nitrogens is 3. The van der Waals surface area contributed by atoms with Crippen LogP contribution in [0.1, 0.15) is 49.3 Å². The first-order chi connectivity index (χ1) is 19.1. The van der Waals surface area contributed by atoms with Crippen LogP contribution in [0.2, 0.25) is 0 Å². The SMILES string of the molecule is Cc1ccc(NC(=O)CSc2nnc(N3C(N)=C(C#N)C(c4cccnc4)C4=C3CC(C)(C)CC4=O)s2)c(C)c1. The van der Waals surface area contributed by atoms with Crippen LogP contribution in [0.5, 0.6) is 0 Å². The van der Waals surface area contributed by atoms with Crippen molar-refractivity contribution < 1.29 is 9.59 Å². The Kier molecular flexibility index (Phi) is 7.49. The highest BCUT2D eigenvalue weighted by molar-refractivity contribution is 8.01. The third-order valence-corrected chi connectivity index (χ3v) is 9.01. The molecule has 0 spiro atoms. The first-order valence-corrected chi connectivity index (χ1v) is 14.6. The average molecular weight is 572 g/mol. The molecule has 1 aliphatic carbocycles. The van der Waals surface area contributed by atoms with Crippen molar-refractivity contribution in [3.8, 4) is 6.07 Å². The number of allylic oxidation sites excluding steroid dienone is 3. The van der Waals surface area contributed by atoms with Gasteiger partial charge in [-0.3, -0.25) is 19.5 Å². The number of carbonyl (C=O) groups excluding carboxylic acids is 2. The zero-order valence-corrected chi connectivity index (χ0v) is 24.3. The van der Waals surface area contributed by atoms with E-state index in [-0.39, 0.29) is 34.3 Å². The Morgan fingerprint density at radius 2 is 2.08 bits per heavy atom. The predicted octanol–water partition coefficient (Wildman–Crippen LogP) is 5.22. The van der Waals surface area contributed by atoms with Gasteiger partial charge in [-0.25, -0.2) is 0 Å². The van der Waals surface area contributed by atoms with Crippen LogP contribution >= 0.6 is 23.1 Å². The van der Waals surface area contributed by atoms with Crippen LogP contribution in [0, 0.1) is 30.6 Å². The highest BCUT2D eigenvalue weighted by Gasteiger charge is 2.45. The van der Waals surface area contributed by atoms with Gasteiger partial charge in [0.05, 0.1) is 23.3 Å². The number of hydrogen-bond acceptors (Lipinski definition) is 10. The number of nitriles is 1. The van der Waals surface area contributed by atoms with Gasteiger partial charge < -0.3 is 11.1 Å². The first kappa shape index (κ1) is 27.6. The molecule has 0 saturated carbocycles. The molecule has 1 amide bonds. The van der Waals surface area contributed by atoms with Crippen molar-refractivity contribution in [1.29, 1.82) is 5.26 Å². The molecule has 0 radical (unpaired) electrons. The van der Waals surface area contributed by atoms with Crippen molar-refractivity contribution in [1.82, 2.24) is 15.2 Å². The molecule has 1 atom stereocenters. The standard InChI is InChI=1S/C29H29N7O2S2/c1-16-7-8-20(17(2)10-16)33-23(38)15-39-28-35-34-27(40-28)36-21-11-29(3,4)12-22(37)25(21)24(19(13-30)26(36)31)18-6-5-9-32-14-18/h5-10,14,24H,11-12,15,31H2,1-4H3,(H,33,38). The molecule has 9 nitrogen and oxygen atoms in total. The Morgan fingerprint density at radius 1 is 1.27 bits per heavy atom. The van der Waals surface area contributed by atoms with Crippen LogP contribution in [-0.4, -0.2) is 32.6 Å². The smallest absolute Gasteiger partial charge is 0.234 e. The molecule has 3 heterocycles. The Hall–Kier alpha value is -4.01. The third-order valence-electron chi connectivity index (χ3n) is 6.97. The number of Topliss-reactive ketones (excluding diaryl/α,β-unsaturated/α-hetero) is 1. The van der Waals surface area contributed by atoms with Gasteiger partial charge in [-0.05, 0) is 48.9 Å². The number of carbonyl (C=O) groups is 2. The van der Waals surface area contributed by atoms with E-state index < -0.39 is 5.92 Å². The lowest BCUT2D eigenvalue weighted by molar-refractivity contribution is -0.118. The average Bonchev–Trinajstić information content (AvgIpc) is 3.36. The minimum Gasteiger partial charge on any atom is -0.384 e. The number of ketones is 1. The summed E-state index contributed by atoms with van der Waals surface area (Å²) in [6.45, 7) is 8.05. The highest BCUT2D eigenvalue weighted by Crippen LogP contribution is 2.50. The molecule has 204 valence electrons. The van der Waals surface area contributed by atoms with Crippen LogP contribution < -0.4 is 16.0 Å². The maximum atomic E-state index is 13.6. The lowest BCUT2D eigenvalue weighted by Crippen LogP contribution is -2.42. The van der Waals surface area contributed by atoms with Crippen molar-refractivity contribution in [2.24, 2.45) is 11.1 Å². The van der Waals surface area contributed by atoms with Gasteiger partial charge in [-0.2, -0.15) is 5.26 Å². The number of pyridine rings is 1. The van der Waals surface area contributed by atoms with E-state index in [2.05, 4.69) is 26.6 Å². The molecule has 1 aromatic carbocycles. The van der Waals surface area contributed by atoms with Gasteiger partial charge in [0.15, 0.2) is 10.1 Å². The molecule has 11 heteroatoms. The predicted molar refractivity (Wildman–Crippen MR) is 157 cm³/mol. The minimum absolute atomic E-state index is 0.0208. The molecule has 0 bridgehead atoms. The second kappa shape index (κ2) is 10.9. The van der Waals surface area contributed by atoms with E-state index in [9.17, 15) is 14.9 Å². The van der Waals surface area contributed by atoms with Crippen LogP contribution in [-0.2, 0) is 9.59 Å². The minimum atomic E-state index is -0.593. The van der Waals surface area contributed by atoms with Crippen molar-refractivity contribution in [3.63, 3.8) is 0 Å². The van der Waals surface area contributed by atoms with Crippen LogP contribution in [0.3, 0.4) is 0 Å². The number of nitrogens with one attached hydrogen (secondary N) is 1. The number of anilines is 2. The number of thioether (sulfide) groups is 1. The molecule has 2 aromatic heterocycles. The maximum absolute atomic E-state index is 13.6. The molecule has 3 aromatic rings. The van der Waals surface area contributed by atoms with E-state index in [1.165, 1.54) is 23.1 Å². The zero-order valence-electron chi connectivity index (χ0n) is 22.7. The summed E-state index contributed by atoms with van der Waals surface area (Å²) in [6.07, 6.45) is 4.26. The van der Waals surface area contributed by atoms with E-state index in [1.807, 2.05) is 52.0 Å². The van der Waals surface area contributed by atoms with E-state index >= 15 is 0 Å². The summed E-state index contributed by atoms with van der Waals surface area (Å²) >= 11 is 2.54. The second-order valence-corrected chi connectivity index (χ2v) is 13.0. The number of benzene rings is 1. The Labute approximate surface area is 241 Å². The quantitative estimate of drug-likeness (QED) is 0.381. The topological polar surface area (TPSA) is 138 Å². The summed E-state index contributed by atoms with van der Waals surface area (Å²) < 4.78 is 0.579. The van der Waals surface area contributed by atoms with Crippen molar-refractivity contribution in [2.75, 3.05) is 16.0 Å². The van der Waals surface area contributed by atoms with Gasteiger partial charge in [-0.15, -0.1) is 10.2 Å². The normalized spacial score (nSPS) is 18.4. The largest absolute Gasteiger partial charge is 0.384 e. The molecule has 1 unspecified atom stereocenters. The zero-order chi connectivity index (χ0) is 28.6. The second-order valence-electron chi connectivity index (χ2n) is 10.8. The summed E-state index contributed by atoms with van der Waals surface area (Å²) in [4.78, 5) is 32.1. The van der Waals surface area contributed by atoms with Gasteiger partial charge in [0.2, 0.25) is 11.0 Å². The number of amides is 1. The van der Waals surface area contributed by atoms with Gasteiger partial charge in [0, 0.05) is 35.8 Å². The van der Waals surface area contributed by atoms with Crippen LogP contribution in [0.25, 0.3) is 0 Å². The molecular formula is C29H29N7O2S2. The molecule has 3 N–H and O–H groups in total. The van der Waals surface area contributed by atoms with Gasteiger partial charge in [-0.1, -0.05) is 60.7 Å². The Bertz CT molecular complexity index is 1600. The molecule has 0 fully saturated rings. The first-order valence-electron chi connectivity index (χ1n) is 12.8. The fraction of sp³-hybridized carbons (Fsp3) is 0.310. The summed E-state index contributed by atoms with van der Waals surface area (Å²) in [7, 11) is 0. The molecule has 40 heavy (non-hydrogen) atoms. The summed E-state index contributed by atoms with van der Waals surface area (Å²) in [5.74, 6) is -0.390. The van der Waals surface area contributed by atoms with Gasteiger partial charge in [0.1, 0.15) is 5.82 Å². The molecular weight excluding hydrogens is 543 g/mol. The molecule has 1 aliphatic heterocycles. The molecule has 2 aliphatic rings. The van der Waals surface area contributed by atoms with Crippen LogP contribution in [0.15, 0.2) is 69.7 Å². The van der Waals surface area contributed by atoms with Gasteiger partial charge >= 0.3 is 0 Å². The Balaban J connectivity index is 1.44.